The van der Waals surface area contributed by atoms with Crippen LogP contribution in [0.2, 0.25) is 0 Å². The van der Waals surface area contributed by atoms with Gasteiger partial charge >= 0.3 is 0 Å². The monoisotopic (exact) mass is 227 g/mol. The molecule has 0 unspecified atom stereocenters. The summed E-state index contributed by atoms with van der Waals surface area (Å²) in [4.78, 5) is 4.31. The van der Waals surface area contributed by atoms with Gasteiger partial charge in [0.15, 0.2) is 5.96 Å². The number of aliphatic imine (C=N–C) groups is 1. The van der Waals surface area contributed by atoms with E-state index in [9.17, 15) is 0 Å². The molecule has 3 heteroatoms. The van der Waals surface area contributed by atoms with E-state index in [1.807, 2.05) is 0 Å². The Balaban J connectivity index is 3.68. The van der Waals surface area contributed by atoms with Crippen molar-refractivity contribution in [3.63, 3.8) is 0 Å². The molecule has 0 aliphatic carbocycles. The van der Waals surface area contributed by atoms with Gasteiger partial charge in [-0.25, -0.2) is 0 Å². The predicted molar refractivity (Wildman–Crippen MR) is 72.7 cm³/mol. The highest BCUT2D eigenvalue weighted by molar-refractivity contribution is 5.78. The lowest BCUT2D eigenvalue weighted by Crippen LogP contribution is -2.45. The van der Waals surface area contributed by atoms with Gasteiger partial charge in [-0.2, -0.15) is 0 Å². The first kappa shape index (κ1) is 15.3. The molecule has 0 aliphatic rings. The first-order valence-corrected chi connectivity index (χ1v) is 6.18. The van der Waals surface area contributed by atoms with Crippen molar-refractivity contribution in [2.75, 3.05) is 6.54 Å². The van der Waals surface area contributed by atoms with Crippen LogP contribution >= 0.6 is 0 Å². The molecule has 0 spiro atoms. The molecule has 0 amide bonds. The summed E-state index contributed by atoms with van der Waals surface area (Å²) in [6, 6.07) is 0. The zero-order chi connectivity index (χ0) is 12.8. The van der Waals surface area contributed by atoms with Crippen LogP contribution in [0, 0.1) is 5.41 Å². The zero-order valence-electron chi connectivity index (χ0n) is 11.9. The molecule has 0 saturated carbocycles. The smallest absolute Gasteiger partial charge is 0.188 e. The Hall–Kier alpha value is -0.730. The maximum absolute atomic E-state index is 5.77. The minimum Gasteiger partial charge on any atom is -0.370 e. The minimum atomic E-state index is -0.000999. The molecule has 3 N–H and O–H groups in total. The molecule has 0 aromatic heterocycles. The number of rotatable bonds is 4. The number of nitrogens with two attached hydrogens (primary N) is 1. The van der Waals surface area contributed by atoms with Crippen LogP contribution in [0.3, 0.4) is 0 Å². The summed E-state index contributed by atoms with van der Waals surface area (Å²) in [5, 5.41) is 3.15. The quantitative estimate of drug-likeness (QED) is 0.441. The number of hydrogen-bond donors (Lipinski definition) is 2. The summed E-state index contributed by atoms with van der Waals surface area (Å²) in [6.07, 6.45) is 3.58. The van der Waals surface area contributed by atoms with E-state index in [1.54, 1.807) is 0 Å². The second kappa shape index (κ2) is 6.12. The van der Waals surface area contributed by atoms with Crippen LogP contribution < -0.4 is 11.1 Å². The van der Waals surface area contributed by atoms with Crippen molar-refractivity contribution in [1.29, 1.82) is 0 Å². The molecule has 0 saturated heterocycles. The predicted octanol–water partition coefficient (Wildman–Crippen LogP) is 2.91. The van der Waals surface area contributed by atoms with Crippen LogP contribution in [0.4, 0.5) is 0 Å². The molecule has 96 valence electrons. The van der Waals surface area contributed by atoms with Gasteiger partial charge in [-0.15, -0.1) is 0 Å². The van der Waals surface area contributed by atoms with Gasteiger partial charge < -0.3 is 11.1 Å². The summed E-state index contributed by atoms with van der Waals surface area (Å²) < 4.78 is 0. The summed E-state index contributed by atoms with van der Waals surface area (Å²) in [6.45, 7) is 13.9. The van der Waals surface area contributed by atoms with Gasteiger partial charge in [0.2, 0.25) is 0 Å². The van der Waals surface area contributed by atoms with Crippen LogP contribution in [0.5, 0.6) is 0 Å². The van der Waals surface area contributed by atoms with Crippen LogP contribution in [-0.2, 0) is 0 Å². The molecular weight excluding hydrogens is 198 g/mol. The fraction of sp³-hybridized carbons (Fsp3) is 0.923. The molecule has 0 aliphatic heterocycles. The Morgan fingerprint density at radius 3 is 2.06 bits per heavy atom. The third kappa shape index (κ3) is 11.3. The molecule has 0 atom stereocenters. The summed E-state index contributed by atoms with van der Waals surface area (Å²) in [7, 11) is 0. The average molecular weight is 227 g/mol. The molecule has 0 heterocycles. The summed E-state index contributed by atoms with van der Waals surface area (Å²) >= 11 is 0. The van der Waals surface area contributed by atoms with Crippen molar-refractivity contribution in [2.45, 2.75) is 66.3 Å². The van der Waals surface area contributed by atoms with E-state index in [0.717, 1.165) is 13.0 Å². The molecular formula is C13H29N3. The molecule has 0 rings (SSSR count). The molecule has 0 fully saturated rings. The van der Waals surface area contributed by atoms with Crippen LogP contribution in [0.25, 0.3) is 0 Å². The van der Waals surface area contributed by atoms with Crippen molar-refractivity contribution < 1.29 is 0 Å². The van der Waals surface area contributed by atoms with E-state index in [1.165, 1.54) is 12.8 Å². The van der Waals surface area contributed by atoms with Crippen molar-refractivity contribution in [2.24, 2.45) is 16.1 Å². The Kier molecular flexibility index (Phi) is 5.84. The van der Waals surface area contributed by atoms with Crippen molar-refractivity contribution in [3.05, 3.63) is 0 Å². The Labute approximate surface area is 101 Å². The molecule has 0 radical (unpaired) electrons. The average Bonchev–Trinajstić information content (AvgIpc) is 1.97. The zero-order valence-corrected chi connectivity index (χ0v) is 11.9. The van der Waals surface area contributed by atoms with E-state index < -0.39 is 0 Å². The third-order valence-corrected chi connectivity index (χ3v) is 2.12. The number of unbranched alkanes of at least 4 members (excludes halogenated alkanes) is 1. The lowest BCUT2D eigenvalue weighted by atomic mass is 9.90. The maximum atomic E-state index is 5.77. The third-order valence-electron chi connectivity index (χ3n) is 2.12. The van der Waals surface area contributed by atoms with E-state index >= 15 is 0 Å². The van der Waals surface area contributed by atoms with Crippen molar-refractivity contribution >= 4 is 5.96 Å². The Morgan fingerprint density at radius 2 is 1.62 bits per heavy atom. The molecule has 3 nitrogen and oxygen atoms in total. The van der Waals surface area contributed by atoms with Crippen LogP contribution in [0.15, 0.2) is 4.99 Å². The van der Waals surface area contributed by atoms with Gasteiger partial charge in [0, 0.05) is 12.1 Å². The van der Waals surface area contributed by atoms with Gasteiger partial charge in [0.05, 0.1) is 0 Å². The van der Waals surface area contributed by atoms with Crippen molar-refractivity contribution in [3.8, 4) is 0 Å². The second-order valence-electron chi connectivity index (χ2n) is 6.66. The molecule has 0 bridgehead atoms. The first-order chi connectivity index (χ1) is 7.10. The Morgan fingerprint density at radius 1 is 1.06 bits per heavy atom. The minimum absolute atomic E-state index is 0.000999. The van der Waals surface area contributed by atoms with E-state index in [-0.39, 0.29) is 5.54 Å². The van der Waals surface area contributed by atoms with Crippen LogP contribution in [0.1, 0.15) is 60.8 Å². The molecule has 16 heavy (non-hydrogen) atoms. The highest BCUT2D eigenvalue weighted by Gasteiger charge is 2.10. The summed E-state index contributed by atoms with van der Waals surface area (Å²) in [5.41, 5.74) is 6.20. The topological polar surface area (TPSA) is 50.4 Å². The highest BCUT2D eigenvalue weighted by atomic mass is 15.1. The number of nitrogens with one attached hydrogen (secondary N) is 1. The standard InChI is InChI=1S/C13H29N3/c1-12(2,3)9-7-8-10-15-11(14)16-13(4,5)6/h7-10H2,1-6H3,(H3,14,15,16). The lowest BCUT2D eigenvalue weighted by Gasteiger charge is -2.21. The van der Waals surface area contributed by atoms with Gasteiger partial charge in [-0.3, -0.25) is 4.99 Å². The summed E-state index contributed by atoms with van der Waals surface area (Å²) in [5.74, 6) is 0.559. The second-order valence-corrected chi connectivity index (χ2v) is 6.66. The first-order valence-electron chi connectivity index (χ1n) is 6.18. The Bertz CT molecular complexity index is 218. The van der Waals surface area contributed by atoms with E-state index in [4.69, 9.17) is 5.73 Å². The van der Waals surface area contributed by atoms with Gasteiger partial charge in [0.25, 0.3) is 0 Å². The number of guanidine groups is 1. The largest absolute Gasteiger partial charge is 0.370 e. The SMILES string of the molecule is CC(C)(C)CCCCN=C(N)NC(C)(C)C. The van der Waals surface area contributed by atoms with Gasteiger partial charge in [-0.05, 0) is 39.0 Å². The van der Waals surface area contributed by atoms with E-state index in [2.05, 4.69) is 51.9 Å². The van der Waals surface area contributed by atoms with Gasteiger partial charge in [-0.1, -0.05) is 27.2 Å². The van der Waals surface area contributed by atoms with Crippen molar-refractivity contribution in [1.82, 2.24) is 5.32 Å². The maximum Gasteiger partial charge on any atom is 0.188 e. The number of hydrogen-bond acceptors (Lipinski definition) is 1. The van der Waals surface area contributed by atoms with Gasteiger partial charge in [0.1, 0.15) is 0 Å². The fourth-order valence-electron chi connectivity index (χ4n) is 1.39. The van der Waals surface area contributed by atoms with E-state index in [0.29, 0.717) is 11.4 Å². The normalized spacial score (nSPS) is 14.0. The van der Waals surface area contributed by atoms with Crippen LogP contribution in [-0.4, -0.2) is 18.0 Å². The fourth-order valence-corrected chi connectivity index (χ4v) is 1.39. The number of nitrogens with zero attached hydrogens (tertiary/aromatic N) is 1. The molecule has 0 aromatic rings. The highest BCUT2D eigenvalue weighted by Crippen LogP contribution is 2.21. The lowest BCUT2D eigenvalue weighted by molar-refractivity contribution is 0.361. The molecule has 0 aromatic carbocycles.